The molecule has 6 nitrogen and oxygen atoms in total. The number of aliphatic hydroxyl groups is 1. The molecule has 1 heterocycles. The number of allylic oxidation sites excluding steroid dienone is 1. The van der Waals surface area contributed by atoms with Crippen LogP contribution in [0.2, 0.25) is 0 Å². The highest BCUT2D eigenvalue weighted by molar-refractivity contribution is 5.82. The Morgan fingerprint density at radius 3 is 2.75 bits per heavy atom. The maximum atomic E-state index is 12.0. The molecule has 1 N–H and O–H groups in total. The number of carbonyl (C=O) groups is 2. The highest BCUT2D eigenvalue weighted by Gasteiger charge is 2.40. The summed E-state index contributed by atoms with van der Waals surface area (Å²) in [6, 6.07) is -0.803. The van der Waals surface area contributed by atoms with Gasteiger partial charge < -0.3 is 14.6 Å². The zero-order valence-electron chi connectivity index (χ0n) is 11.9. The standard InChI is InChI=1S/C14H21NO5/c1-4-6-10(3)9-20-13(17)12-7-11(16)8-15(12)14(18)19-5-2/h4,6,11-12,16H,3,5,7-9H2,1-2H3/b6-4-/t11-,12+/m1/s1. The number of aliphatic hydroxyl groups excluding tert-OH is 1. The molecule has 0 aromatic heterocycles. The van der Waals surface area contributed by atoms with Gasteiger partial charge in [0.2, 0.25) is 0 Å². The van der Waals surface area contributed by atoms with Crippen LogP contribution in [-0.4, -0.2) is 54.0 Å². The van der Waals surface area contributed by atoms with Gasteiger partial charge in [-0.05, 0) is 19.4 Å². The number of esters is 1. The minimum atomic E-state index is -0.803. The van der Waals surface area contributed by atoms with Crippen molar-refractivity contribution in [2.45, 2.75) is 32.4 Å². The number of hydrogen-bond donors (Lipinski definition) is 1. The fourth-order valence-electron chi connectivity index (χ4n) is 1.99. The van der Waals surface area contributed by atoms with Crippen molar-refractivity contribution in [1.82, 2.24) is 4.90 Å². The van der Waals surface area contributed by atoms with Crippen LogP contribution in [0.5, 0.6) is 0 Å². The molecule has 0 aromatic rings. The number of rotatable bonds is 5. The fourth-order valence-corrected chi connectivity index (χ4v) is 1.99. The highest BCUT2D eigenvalue weighted by atomic mass is 16.6. The molecule has 0 spiro atoms. The molecule has 0 unspecified atom stereocenters. The van der Waals surface area contributed by atoms with Crippen LogP contribution in [0.3, 0.4) is 0 Å². The first kappa shape index (κ1) is 16.2. The second-order valence-corrected chi connectivity index (χ2v) is 4.52. The van der Waals surface area contributed by atoms with Crippen LogP contribution < -0.4 is 0 Å². The maximum absolute atomic E-state index is 12.0. The molecule has 2 atom stereocenters. The van der Waals surface area contributed by atoms with E-state index in [0.717, 1.165) is 0 Å². The first-order valence-corrected chi connectivity index (χ1v) is 6.58. The van der Waals surface area contributed by atoms with Gasteiger partial charge in [0.1, 0.15) is 12.6 Å². The number of hydrogen-bond acceptors (Lipinski definition) is 5. The average molecular weight is 283 g/mol. The van der Waals surface area contributed by atoms with E-state index in [1.165, 1.54) is 4.90 Å². The van der Waals surface area contributed by atoms with Crippen molar-refractivity contribution in [3.8, 4) is 0 Å². The molecule has 1 fully saturated rings. The Morgan fingerprint density at radius 1 is 1.45 bits per heavy atom. The summed E-state index contributed by atoms with van der Waals surface area (Å²) in [5, 5.41) is 9.61. The Kier molecular flexibility index (Phi) is 6.24. The van der Waals surface area contributed by atoms with E-state index in [4.69, 9.17) is 9.47 Å². The lowest BCUT2D eigenvalue weighted by atomic mass is 10.2. The minimum absolute atomic E-state index is 0.0619. The second kappa shape index (κ2) is 7.69. The molecule has 0 radical (unpaired) electrons. The molecule has 0 aromatic carbocycles. The minimum Gasteiger partial charge on any atom is -0.459 e. The van der Waals surface area contributed by atoms with Crippen LogP contribution in [0, 0.1) is 0 Å². The van der Waals surface area contributed by atoms with Gasteiger partial charge in [-0.3, -0.25) is 4.90 Å². The smallest absolute Gasteiger partial charge is 0.410 e. The molecule has 20 heavy (non-hydrogen) atoms. The second-order valence-electron chi connectivity index (χ2n) is 4.52. The van der Waals surface area contributed by atoms with Gasteiger partial charge in [0.05, 0.1) is 19.3 Å². The molecule has 1 amide bonds. The predicted octanol–water partition coefficient (Wildman–Crippen LogP) is 1.25. The van der Waals surface area contributed by atoms with Crippen molar-refractivity contribution >= 4 is 12.1 Å². The zero-order valence-corrected chi connectivity index (χ0v) is 11.9. The molecule has 1 saturated heterocycles. The molecule has 1 aliphatic rings. The number of amides is 1. The Morgan fingerprint density at radius 2 is 2.15 bits per heavy atom. The van der Waals surface area contributed by atoms with Crippen molar-refractivity contribution in [3.05, 3.63) is 24.3 Å². The molecule has 1 aliphatic heterocycles. The summed E-state index contributed by atoms with van der Waals surface area (Å²) in [5.41, 5.74) is 0.655. The first-order chi connectivity index (χ1) is 9.49. The first-order valence-electron chi connectivity index (χ1n) is 6.58. The van der Waals surface area contributed by atoms with Gasteiger partial charge in [-0.15, -0.1) is 0 Å². The quantitative estimate of drug-likeness (QED) is 0.607. The van der Waals surface area contributed by atoms with E-state index >= 15 is 0 Å². The Labute approximate surface area is 118 Å². The van der Waals surface area contributed by atoms with Crippen molar-refractivity contribution in [3.63, 3.8) is 0 Å². The Bertz CT molecular complexity index is 404. The molecule has 0 aliphatic carbocycles. The highest BCUT2D eigenvalue weighted by Crippen LogP contribution is 2.20. The van der Waals surface area contributed by atoms with Crippen molar-refractivity contribution < 1.29 is 24.2 Å². The van der Waals surface area contributed by atoms with Crippen LogP contribution in [0.1, 0.15) is 20.3 Å². The Balaban J connectivity index is 2.60. The van der Waals surface area contributed by atoms with Gasteiger partial charge in [0, 0.05) is 6.42 Å². The number of nitrogens with zero attached hydrogens (tertiary/aromatic N) is 1. The van der Waals surface area contributed by atoms with Gasteiger partial charge in [0.15, 0.2) is 0 Å². The molecule has 1 rings (SSSR count). The van der Waals surface area contributed by atoms with Gasteiger partial charge >= 0.3 is 12.1 Å². The van der Waals surface area contributed by atoms with Crippen LogP contribution in [0.15, 0.2) is 24.3 Å². The van der Waals surface area contributed by atoms with E-state index in [-0.39, 0.29) is 26.2 Å². The largest absolute Gasteiger partial charge is 0.459 e. The van der Waals surface area contributed by atoms with Crippen molar-refractivity contribution in [2.75, 3.05) is 19.8 Å². The van der Waals surface area contributed by atoms with E-state index in [0.29, 0.717) is 5.57 Å². The van der Waals surface area contributed by atoms with Crippen LogP contribution >= 0.6 is 0 Å². The third-order valence-electron chi connectivity index (χ3n) is 2.86. The number of β-amino-alcohol motifs (C(OH)–C–C–N with tert-alkyl or cyclic N) is 1. The lowest BCUT2D eigenvalue weighted by molar-refractivity contribution is -0.147. The zero-order chi connectivity index (χ0) is 15.1. The maximum Gasteiger partial charge on any atom is 0.410 e. The summed E-state index contributed by atoms with van der Waals surface area (Å²) in [4.78, 5) is 24.9. The molecular weight excluding hydrogens is 262 g/mol. The summed E-state index contributed by atoms with van der Waals surface area (Å²) in [7, 11) is 0. The summed E-state index contributed by atoms with van der Waals surface area (Å²) in [6.45, 7) is 7.59. The lowest BCUT2D eigenvalue weighted by Crippen LogP contribution is -2.42. The van der Waals surface area contributed by atoms with Crippen LogP contribution in [0.25, 0.3) is 0 Å². The van der Waals surface area contributed by atoms with Gasteiger partial charge in [0.25, 0.3) is 0 Å². The van der Waals surface area contributed by atoms with Crippen LogP contribution in [-0.2, 0) is 14.3 Å². The molecule has 6 heteroatoms. The van der Waals surface area contributed by atoms with Crippen molar-refractivity contribution in [1.29, 1.82) is 0 Å². The topological polar surface area (TPSA) is 76.1 Å². The monoisotopic (exact) mass is 283 g/mol. The summed E-state index contributed by atoms with van der Waals surface area (Å²) < 4.78 is 9.95. The van der Waals surface area contributed by atoms with E-state index in [9.17, 15) is 14.7 Å². The Hall–Kier alpha value is -1.82. The molecular formula is C14H21NO5. The SMILES string of the molecule is C=C(/C=C\C)COC(=O)[C@@H]1C[C@@H](O)CN1C(=O)OCC. The van der Waals surface area contributed by atoms with E-state index in [1.807, 2.05) is 6.92 Å². The van der Waals surface area contributed by atoms with E-state index < -0.39 is 24.2 Å². The lowest BCUT2D eigenvalue weighted by Gasteiger charge is -2.22. The normalized spacial score (nSPS) is 22.1. The summed E-state index contributed by atoms with van der Waals surface area (Å²) >= 11 is 0. The van der Waals surface area contributed by atoms with Gasteiger partial charge in [-0.1, -0.05) is 18.7 Å². The number of likely N-dealkylation sites (tertiary alicyclic amines) is 1. The predicted molar refractivity (Wildman–Crippen MR) is 73.1 cm³/mol. The van der Waals surface area contributed by atoms with Gasteiger partial charge in [-0.2, -0.15) is 0 Å². The van der Waals surface area contributed by atoms with Crippen molar-refractivity contribution in [2.24, 2.45) is 0 Å². The van der Waals surface area contributed by atoms with E-state index in [1.54, 1.807) is 19.1 Å². The summed E-state index contributed by atoms with van der Waals surface area (Å²) in [6.07, 6.45) is 2.34. The number of ether oxygens (including phenoxy) is 2. The average Bonchev–Trinajstić information content (AvgIpc) is 2.79. The molecule has 0 saturated carbocycles. The van der Waals surface area contributed by atoms with Gasteiger partial charge in [-0.25, -0.2) is 9.59 Å². The fraction of sp³-hybridized carbons (Fsp3) is 0.571. The molecule has 0 bridgehead atoms. The number of carbonyl (C=O) groups excluding carboxylic acids is 2. The third-order valence-corrected chi connectivity index (χ3v) is 2.86. The summed E-state index contributed by atoms with van der Waals surface area (Å²) in [5.74, 6) is -0.555. The van der Waals surface area contributed by atoms with E-state index in [2.05, 4.69) is 6.58 Å². The third kappa shape index (κ3) is 4.38. The van der Waals surface area contributed by atoms with Crippen LogP contribution in [0.4, 0.5) is 4.79 Å². The molecule has 112 valence electrons.